The third-order valence-electron chi connectivity index (χ3n) is 5.51. The number of ether oxygens (including phenoxy) is 1. The van der Waals surface area contributed by atoms with Gasteiger partial charge in [0.25, 0.3) is 0 Å². The van der Waals surface area contributed by atoms with Crippen LogP contribution in [0.15, 0.2) is 18.2 Å². The summed E-state index contributed by atoms with van der Waals surface area (Å²) in [5, 5.41) is 3.29. The van der Waals surface area contributed by atoms with Crippen LogP contribution in [0.25, 0.3) is 0 Å². The molecule has 0 spiro atoms. The minimum Gasteiger partial charge on any atom is -0.497 e. The first-order valence-corrected chi connectivity index (χ1v) is 9.57. The van der Waals surface area contributed by atoms with Crippen molar-refractivity contribution in [3.8, 4) is 5.75 Å². The maximum Gasteiger partial charge on any atom is 0.131 e. The van der Waals surface area contributed by atoms with Crippen LogP contribution in [-0.4, -0.2) is 55.8 Å². The largest absolute Gasteiger partial charge is 0.497 e. The van der Waals surface area contributed by atoms with E-state index < -0.39 is 0 Å². The van der Waals surface area contributed by atoms with Crippen LogP contribution in [0.1, 0.15) is 51.6 Å². The summed E-state index contributed by atoms with van der Waals surface area (Å²) in [4.78, 5) is 5.06. The monoisotopic (exact) mass is 351 g/mol. The Morgan fingerprint density at radius 2 is 1.92 bits per heavy atom. The molecule has 1 N–H and O–H groups in total. The molecule has 1 heterocycles. The highest BCUT2D eigenvalue weighted by atomic mass is 19.1. The second-order valence-corrected chi connectivity index (χ2v) is 6.92. The molecule has 1 fully saturated rings. The smallest absolute Gasteiger partial charge is 0.131 e. The zero-order valence-corrected chi connectivity index (χ0v) is 16.4. The number of methoxy groups -OCH3 is 1. The van der Waals surface area contributed by atoms with E-state index in [1.807, 2.05) is 19.2 Å². The SMILES string of the molecule is CC[C@H]1CN([C@@H](CC)c2ccc(OC)cc2F)[C@H](CC)CN1CNC. The summed E-state index contributed by atoms with van der Waals surface area (Å²) in [6.45, 7) is 9.56. The van der Waals surface area contributed by atoms with E-state index in [1.54, 1.807) is 7.11 Å². The molecule has 1 saturated heterocycles. The molecule has 142 valence electrons. The second kappa shape index (κ2) is 9.51. The molecule has 3 atom stereocenters. The van der Waals surface area contributed by atoms with Crippen LogP contribution < -0.4 is 10.1 Å². The predicted octanol–water partition coefficient (Wildman–Crippen LogP) is 3.64. The van der Waals surface area contributed by atoms with Crippen molar-refractivity contribution in [1.29, 1.82) is 0 Å². The average Bonchev–Trinajstić information content (AvgIpc) is 2.64. The Morgan fingerprint density at radius 1 is 1.20 bits per heavy atom. The number of piperazine rings is 1. The highest BCUT2D eigenvalue weighted by Gasteiger charge is 2.36. The van der Waals surface area contributed by atoms with Crippen LogP contribution in [-0.2, 0) is 0 Å². The van der Waals surface area contributed by atoms with Crippen LogP contribution in [0.4, 0.5) is 4.39 Å². The molecule has 1 aromatic carbocycles. The zero-order chi connectivity index (χ0) is 18.4. The second-order valence-electron chi connectivity index (χ2n) is 6.92. The number of benzene rings is 1. The van der Waals surface area contributed by atoms with Crippen molar-refractivity contribution in [3.05, 3.63) is 29.6 Å². The number of hydrogen-bond donors (Lipinski definition) is 1. The molecule has 0 amide bonds. The fourth-order valence-corrected chi connectivity index (χ4v) is 4.10. The van der Waals surface area contributed by atoms with E-state index in [4.69, 9.17) is 4.74 Å². The normalized spacial score (nSPS) is 23.6. The summed E-state index contributed by atoms with van der Waals surface area (Å²) in [5.74, 6) is 0.417. The first kappa shape index (κ1) is 20.1. The molecule has 4 nitrogen and oxygen atoms in total. The Balaban J connectivity index is 2.28. The lowest BCUT2D eigenvalue weighted by Crippen LogP contribution is -2.60. The van der Waals surface area contributed by atoms with Crippen LogP contribution in [0.2, 0.25) is 0 Å². The number of nitrogens with one attached hydrogen (secondary N) is 1. The molecular formula is C20H34FN3O. The lowest BCUT2D eigenvalue weighted by Gasteiger charge is -2.49. The maximum atomic E-state index is 14.7. The molecular weight excluding hydrogens is 317 g/mol. The van der Waals surface area contributed by atoms with Crippen molar-refractivity contribution in [2.24, 2.45) is 0 Å². The van der Waals surface area contributed by atoms with E-state index in [0.717, 1.165) is 44.6 Å². The topological polar surface area (TPSA) is 27.7 Å². The molecule has 2 rings (SSSR count). The molecule has 5 heteroatoms. The molecule has 1 aromatic rings. The standard InChI is InChI=1S/C20H34FN3O/c1-6-15-13-24(16(7-2)12-23(15)14-22-4)20(8-3)18-10-9-17(25-5)11-19(18)21/h9-11,15-16,20,22H,6-8,12-14H2,1-5H3/t15-,16+,20-/m0/s1. The third kappa shape index (κ3) is 4.52. The van der Waals surface area contributed by atoms with E-state index in [2.05, 4.69) is 35.9 Å². The van der Waals surface area contributed by atoms with E-state index in [9.17, 15) is 4.39 Å². The van der Waals surface area contributed by atoms with Gasteiger partial charge in [0.15, 0.2) is 0 Å². The van der Waals surface area contributed by atoms with Crippen molar-refractivity contribution in [1.82, 2.24) is 15.1 Å². The van der Waals surface area contributed by atoms with E-state index >= 15 is 0 Å². The molecule has 1 aliphatic heterocycles. The van der Waals surface area contributed by atoms with Gasteiger partial charge in [-0.1, -0.05) is 26.8 Å². The van der Waals surface area contributed by atoms with Gasteiger partial charge in [-0.2, -0.15) is 0 Å². The summed E-state index contributed by atoms with van der Waals surface area (Å²) >= 11 is 0. The Hall–Kier alpha value is -1.17. The van der Waals surface area contributed by atoms with Crippen LogP contribution >= 0.6 is 0 Å². The zero-order valence-electron chi connectivity index (χ0n) is 16.4. The van der Waals surface area contributed by atoms with Gasteiger partial charge in [-0.05, 0) is 32.4 Å². The highest BCUT2D eigenvalue weighted by Crippen LogP contribution is 2.34. The van der Waals surface area contributed by atoms with Gasteiger partial charge in [-0.15, -0.1) is 0 Å². The fourth-order valence-electron chi connectivity index (χ4n) is 4.10. The van der Waals surface area contributed by atoms with E-state index in [0.29, 0.717) is 17.8 Å². The van der Waals surface area contributed by atoms with Gasteiger partial charge in [-0.3, -0.25) is 9.80 Å². The average molecular weight is 352 g/mol. The number of hydrogen-bond acceptors (Lipinski definition) is 4. The molecule has 0 aliphatic carbocycles. The number of halogens is 1. The first-order valence-electron chi connectivity index (χ1n) is 9.57. The van der Waals surface area contributed by atoms with Gasteiger partial charge in [0.05, 0.1) is 7.11 Å². The number of rotatable bonds is 8. The molecule has 0 unspecified atom stereocenters. The summed E-state index contributed by atoms with van der Waals surface area (Å²) in [6.07, 6.45) is 3.09. The minimum atomic E-state index is -0.160. The Kier molecular flexibility index (Phi) is 7.66. The van der Waals surface area contributed by atoms with Crippen molar-refractivity contribution in [3.63, 3.8) is 0 Å². The number of nitrogens with zero attached hydrogens (tertiary/aromatic N) is 2. The van der Waals surface area contributed by atoms with Gasteiger partial charge < -0.3 is 10.1 Å². The predicted molar refractivity (Wildman–Crippen MR) is 101 cm³/mol. The van der Waals surface area contributed by atoms with Crippen LogP contribution in [0.5, 0.6) is 5.75 Å². The van der Waals surface area contributed by atoms with Crippen molar-refractivity contribution >= 4 is 0 Å². The molecule has 25 heavy (non-hydrogen) atoms. The molecule has 0 radical (unpaired) electrons. The molecule has 1 aliphatic rings. The van der Waals surface area contributed by atoms with Crippen LogP contribution in [0, 0.1) is 5.82 Å². The quantitative estimate of drug-likeness (QED) is 0.774. The summed E-state index contributed by atoms with van der Waals surface area (Å²) < 4.78 is 19.9. The lowest BCUT2D eigenvalue weighted by atomic mass is 9.95. The Morgan fingerprint density at radius 3 is 2.44 bits per heavy atom. The van der Waals surface area contributed by atoms with E-state index in [1.165, 1.54) is 6.07 Å². The van der Waals surface area contributed by atoms with Gasteiger partial charge in [0, 0.05) is 49.5 Å². The first-order chi connectivity index (χ1) is 12.1. The van der Waals surface area contributed by atoms with Gasteiger partial charge >= 0.3 is 0 Å². The molecule has 0 saturated carbocycles. The Bertz CT molecular complexity index is 540. The summed E-state index contributed by atoms with van der Waals surface area (Å²) in [5.41, 5.74) is 0.790. The van der Waals surface area contributed by atoms with E-state index in [-0.39, 0.29) is 11.9 Å². The minimum absolute atomic E-state index is 0.113. The van der Waals surface area contributed by atoms with Crippen molar-refractivity contribution < 1.29 is 9.13 Å². The molecule has 0 aromatic heterocycles. The van der Waals surface area contributed by atoms with Crippen molar-refractivity contribution in [2.45, 2.75) is 58.2 Å². The van der Waals surface area contributed by atoms with Gasteiger partial charge in [0.2, 0.25) is 0 Å². The summed E-state index contributed by atoms with van der Waals surface area (Å²) in [6, 6.07) is 6.34. The third-order valence-corrected chi connectivity index (χ3v) is 5.51. The van der Waals surface area contributed by atoms with Gasteiger partial charge in [-0.25, -0.2) is 4.39 Å². The lowest BCUT2D eigenvalue weighted by molar-refractivity contribution is -0.00687. The molecule has 0 bridgehead atoms. The maximum absolute atomic E-state index is 14.7. The van der Waals surface area contributed by atoms with Gasteiger partial charge in [0.1, 0.15) is 11.6 Å². The van der Waals surface area contributed by atoms with Crippen molar-refractivity contribution in [2.75, 3.05) is 33.9 Å². The Labute approximate surface area is 152 Å². The highest BCUT2D eigenvalue weighted by molar-refractivity contribution is 5.31. The fraction of sp³-hybridized carbons (Fsp3) is 0.700. The summed E-state index contributed by atoms with van der Waals surface area (Å²) in [7, 11) is 3.58. The van der Waals surface area contributed by atoms with Crippen LogP contribution in [0.3, 0.4) is 0 Å².